The van der Waals surface area contributed by atoms with Crippen molar-refractivity contribution in [3.8, 4) is 0 Å². The Balaban J connectivity index is 1.59. The summed E-state index contributed by atoms with van der Waals surface area (Å²) in [5.74, 6) is -0.706. The molecular formula is C24H31ClN4O7S. The van der Waals surface area contributed by atoms with Crippen LogP contribution >= 0.6 is 11.6 Å². The van der Waals surface area contributed by atoms with E-state index >= 15 is 0 Å². The number of hydrogen-bond donors (Lipinski definition) is 1. The van der Waals surface area contributed by atoms with E-state index in [2.05, 4.69) is 4.72 Å². The summed E-state index contributed by atoms with van der Waals surface area (Å²) in [6.07, 6.45) is -0.702. The van der Waals surface area contributed by atoms with Crippen molar-refractivity contribution in [3.05, 3.63) is 29.3 Å². The molecule has 2 saturated heterocycles. The summed E-state index contributed by atoms with van der Waals surface area (Å²) in [4.78, 5) is 42.1. The molecule has 11 nitrogen and oxygen atoms in total. The van der Waals surface area contributed by atoms with Crippen LogP contribution in [0.5, 0.6) is 0 Å². The summed E-state index contributed by atoms with van der Waals surface area (Å²) in [6.45, 7) is 8.63. The maximum absolute atomic E-state index is 13.5. The zero-order chi connectivity index (χ0) is 27.1. The summed E-state index contributed by atoms with van der Waals surface area (Å²) in [5.41, 5.74) is -0.581. The van der Waals surface area contributed by atoms with Crippen LogP contribution in [-0.2, 0) is 29.1 Å². The minimum atomic E-state index is -4.36. The van der Waals surface area contributed by atoms with Crippen LogP contribution in [-0.4, -0.2) is 91.2 Å². The number of rotatable bonds is 5. The van der Waals surface area contributed by atoms with Gasteiger partial charge < -0.3 is 19.3 Å². The molecule has 3 heterocycles. The number of aromatic nitrogens is 1. The van der Waals surface area contributed by atoms with E-state index in [9.17, 15) is 22.8 Å². The number of fused-ring (bicyclic) bond motifs is 1. The zero-order valence-corrected chi connectivity index (χ0v) is 22.8. The van der Waals surface area contributed by atoms with Crippen LogP contribution in [0.3, 0.4) is 0 Å². The lowest BCUT2D eigenvalue weighted by atomic mass is 10.2. The third-order valence-corrected chi connectivity index (χ3v) is 7.95. The molecule has 1 N–H and O–H groups in total. The van der Waals surface area contributed by atoms with Crippen molar-refractivity contribution in [1.29, 1.82) is 0 Å². The van der Waals surface area contributed by atoms with Crippen molar-refractivity contribution >= 4 is 50.4 Å². The normalized spacial score (nSPS) is 19.9. The molecule has 2 amide bonds. The van der Waals surface area contributed by atoms with Crippen molar-refractivity contribution < 1.29 is 32.3 Å². The smallest absolute Gasteiger partial charge is 0.420 e. The number of carbonyl (C=O) groups is 3. The van der Waals surface area contributed by atoms with Crippen LogP contribution in [0.2, 0.25) is 5.02 Å². The second-order valence-corrected chi connectivity index (χ2v) is 12.2. The van der Waals surface area contributed by atoms with E-state index in [1.807, 2.05) is 0 Å². The van der Waals surface area contributed by atoms with E-state index < -0.39 is 39.7 Å². The molecule has 37 heavy (non-hydrogen) atoms. The Morgan fingerprint density at radius 2 is 1.84 bits per heavy atom. The number of halogens is 1. The number of ether oxygens (including phenoxy) is 2. The minimum Gasteiger partial charge on any atom is -0.443 e. The molecule has 1 aromatic heterocycles. The van der Waals surface area contributed by atoms with Crippen LogP contribution < -0.4 is 4.72 Å². The van der Waals surface area contributed by atoms with E-state index in [0.717, 1.165) is 4.57 Å². The van der Waals surface area contributed by atoms with Gasteiger partial charge in [-0.1, -0.05) is 11.6 Å². The Labute approximate surface area is 220 Å². The van der Waals surface area contributed by atoms with Gasteiger partial charge in [0.05, 0.1) is 18.7 Å². The molecule has 2 fully saturated rings. The molecule has 13 heteroatoms. The van der Waals surface area contributed by atoms with Gasteiger partial charge in [-0.15, -0.1) is 0 Å². The van der Waals surface area contributed by atoms with Gasteiger partial charge >= 0.3 is 6.09 Å². The fourth-order valence-corrected chi connectivity index (χ4v) is 6.07. The molecule has 0 radical (unpaired) electrons. The highest BCUT2D eigenvalue weighted by atomic mass is 35.5. The van der Waals surface area contributed by atoms with E-state index in [0.29, 0.717) is 42.2 Å². The molecule has 0 spiro atoms. The average Bonchev–Trinajstić information content (AvgIpc) is 3.38. The first-order chi connectivity index (χ1) is 17.3. The fraction of sp³-hybridized carbons (Fsp3) is 0.542. The zero-order valence-electron chi connectivity index (χ0n) is 21.2. The summed E-state index contributed by atoms with van der Waals surface area (Å²) in [5, 5.41) is 0.414. The van der Waals surface area contributed by atoms with Crippen LogP contribution in [0, 0.1) is 0 Å². The second kappa shape index (κ2) is 10.2. The number of carbonyl (C=O) groups excluding carboxylic acids is 3. The standard InChI is InChI=1S/C24H31ClN4O7S/c1-15(21(30)27-9-11-35-12-10-27)28-8-7-18(22(28)31)26-37(33,34)20-14-16-13-17(25)5-6-19(16)29(20)23(32)36-24(2,3)4/h5-6,13-15,18,26H,7-12H2,1-4H3/t15-,18-/m0/s1. The SMILES string of the molecule is C[C@@H](C(=O)N1CCOCC1)N1CC[C@H](NS(=O)(=O)c2cc3cc(Cl)ccc3n2C(=O)OC(C)(C)C)C1=O. The Morgan fingerprint density at radius 3 is 2.49 bits per heavy atom. The topological polar surface area (TPSA) is 127 Å². The Morgan fingerprint density at radius 1 is 1.16 bits per heavy atom. The number of sulfonamides is 1. The molecule has 0 bridgehead atoms. The van der Waals surface area contributed by atoms with E-state index in [1.54, 1.807) is 38.7 Å². The van der Waals surface area contributed by atoms with Crippen LogP contribution in [0.15, 0.2) is 29.3 Å². The highest BCUT2D eigenvalue weighted by Gasteiger charge is 2.41. The van der Waals surface area contributed by atoms with Crippen molar-refractivity contribution in [3.63, 3.8) is 0 Å². The van der Waals surface area contributed by atoms with Crippen molar-refractivity contribution in [2.45, 2.75) is 56.8 Å². The maximum atomic E-state index is 13.5. The molecule has 0 unspecified atom stereocenters. The van der Waals surface area contributed by atoms with Crippen LogP contribution in [0.4, 0.5) is 4.79 Å². The molecular weight excluding hydrogens is 524 g/mol. The molecule has 1 aromatic carbocycles. The molecule has 2 atom stereocenters. The first kappa shape index (κ1) is 27.4. The summed E-state index contributed by atoms with van der Waals surface area (Å²) in [7, 11) is -4.36. The van der Waals surface area contributed by atoms with Gasteiger partial charge in [-0.3, -0.25) is 9.59 Å². The van der Waals surface area contributed by atoms with Crippen LogP contribution in [0.1, 0.15) is 34.1 Å². The quantitative estimate of drug-likeness (QED) is 0.600. The predicted octanol–water partition coefficient (Wildman–Crippen LogP) is 2.20. The largest absolute Gasteiger partial charge is 0.443 e. The highest BCUT2D eigenvalue weighted by molar-refractivity contribution is 7.89. The van der Waals surface area contributed by atoms with E-state index in [4.69, 9.17) is 21.1 Å². The summed E-state index contributed by atoms with van der Waals surface area (Å²) >= 11 is 6.09. The summed E-state index contributed by atoms with van der Waals surface area (Å²) in [6, 6.07) is 4.10. The number of likely N-dealkylation sites (tertiary alicyclic amines) is 1. The Kier molecular flexibility index (Phi) is 7.57. The number of morpholine rings is 1. The lowest BCUT2D eigenvalue weighted by molar-refractivity contribution is -0.146. The Bertz CT molecular complexity index is 1330. The van der Waals surface area contributed by atoms with Gasteiger partial charge in [-0.05, 0) is 58.4 Å². The molecule has 2 aliphatic rings. The van der Waals surface area contributed by atoms with Crippen molar-refractivity contribution in [1.82, 2.24) is 19.1 Å². The lowest BCUT2D eigenvalue weighted by Crippen LogP contribution is -2.52. The fourth-order valence-electron chi connectivity index (χ4n) is 4.48. The number of amides is 2. The monoisotopic (exact) mass is 554 g/mol. The number of hydrogen-bond acceptors (Lipinski definition) is 7. The maximum Gasteiger partial charge on any atom is 0.420 e. The molecule has 2 aliphatic heterocycles. The number of benzene rings is 1. The van der Waals surface area contributed by atoms with E-state index in [1.165, 1.54) is 23.1 Å². The second-order valence-electron chi connectivity index (χ2n) is 10.1. The predicted molar refractivity (Wildman–Crippen MR) is 136 cm³/mol. The Hall–Kier alpha value is -2.67. The van der Waals surface area contributed by atoms with Gasteiger partial charge in [-0.25, -0.2) is 17.8 Å². The van der Waals surface area contributed by atoms with Gasteiger partial charge in [-0.2, -0.15) is 4.72 Å². The van der Waals surface area contributed by atoms with Gasteiger partial charge in [0.25, 0.3) is 10.0 Å². The van der Waals surface area contributed by atoms with Gasteiger partial charge in [0, 0.05) is 30.0 Å². The third kappa shape index (κ3) is 5.77. The van der Waals surface area contributed by atoms with Crippen molar-refractivity contribution in [2.24, 2.45) is 0 Å². The highest BCUT2D eigenvalue weighted by Crippen LogP contribution is 2.28. The van der Waals surface area contributed by atoms with Gasteiger partial charge in [0.15, 0.2) is 5.03 Å². The number of nitrogens with one attached hydrogen (secondary N) is 1. The molecule has 0 saturated carbocycles. The minimum absolute atomic E-state index is 0.178. The molecule has 202 valence electrons. The van der Waals surface area contributed by atoms with Crippen LogP contribution in [0.25, 0.3) is 10.9 Å². The summed E-state index contributed by atoms with van der Waals surface area (Å²) < 4.78 is 41.1. The lowest BCUT2D eigenvalue weighted by Gasteiger charge is -2.32. The molecule has 0 aliphatic carbocycles. The molecule has 4 rings (SSSR count). The van der Waals surface area contributed by atoms with Gasteiger partial charge in [0.2, 0.25) is 11.8 Å². The van der Waals surface area contributed by atoms with Crippen molar-refractivity contribution in [2.75, 3.05) is 32.8 Å². The van der Waals surface area contributed by atoms with E-state index in [-0.39, 0.29) is 23.9 Å². The first-order valence-electron chi connectivity index (χ1n) is 12.0. The van der Waals surface area contributed by atoms with Gasteiger partial charge in [0.1, 0.15) is 17.7 Å². The average molecular weight is 555 g/mol. The number of nitrogens with zero attached hydrogens (tertiary/aromatic N) is 3. The first-order valence-corrected chi connectivity index (χ1v) is 13.9. The third-order valence-electron chi connectivity index (χ3n) is 6.27. The molecule has 2 aromatic rings.